The van der Waals surface area contributed by atoms with Crippen LogP contribution in [0.1, 0.15) is 11.1 Å². The van der Waals surface area contributed by atoms with E-state index < -0.39 is 0 Å². The highest BCUT2D eigenvalue weighted by molar-refractivity contribution is 6.24. The van der Waals surface area contributed by atoms with Crippen LogP contribution in [0.3, 0.4) is 0 Å². The molecule has 0 fully saturated rings. The van der Waals surface area contributed by atoms with Crippen LogP contribution in [0.4, 0.5) is 0 Å². The lowest BCUT2D eigenvalue weighted by molar-refractivity contribution is 1.27. The zero-order valence-electron chi connectivity index (χ0n) is 24.8. The summed E-state index contributed by atoms with van der Waals surface area (Å²) in [5.74, 6) is 0. The maximum Gasteiger partial charge on any atom is 0.0349 e. The minimum Gasteiger partial charge on any atom is -0.264 e. The van der Waals surface area contributed by atoms with Gasteiger partial charge in [-0.25, -0.2) is 0 Å². The van der Waals surface area contributed by atoms with Gasteiger partial charge in [0, 0.05) is 30.4 Å². The van der Waals surface area contributed by atoms with E-state index in [9.17, 15) is 0 Å². The van der Waals surface area contributed by atoms with Crippen LogP contribution in [0, 0.1) is 13.8 Å². The van der Waals surface area contributed by atoms with Crippen molar-refractivity contribution in [2.45, 2.75) is 13.8 Å². The minimum atomic E-state index is 1.17. The second kappa shape index (κ2) is 10.6. The molecule has 8 aromatic rings. The Morgan fingerprint density at radius 1 is 0.341 bits per heavy atom. The van der Waals surface area contributed by atoms with Crippen molar-refractivity contribution in [3.63, 3.8) is 0 Å². The second-order valence-corrected chi connectivity index (χ2v) is 11.5. The van der Waals surface area contributed by atoms with E-state index in [2.05, 4.69) is 145 Å². The molecule has 0 aliphatic carbocycles. The predicted octanol–water partition coefficient (Wildman–Crippen LogP) is 11.2. The molecule has 44 heavy (non-hydrogen) atoms. The topological polar surface area (TPSA) is 25.8 Å². The molecule has 8 rings (SSSR count). The summed E-state index contributed by atoms with van der Waals surface area (Å²) in [6, 6.07) is 44.3. The van der Waals surface area contributed by atoms with Crippen molar-refractivity contribution in [1.82, 2.24) is 9.97 Å². The van der Waals surface area contributed by atoms with Gasteiger partial charge in [0.1, 0.15) is 0 Å². The number of pyridine rings is 2. The standard InChI is InChI=1S/C42H30N2/c1-27-21-23-44-26-40(27)34-19-20-39(33-10-4-3-9-32(33)34)42-37-13-7-5-11-35(37)41(36-12-6-8-14-38(36)42)30-17-15-29(16-18-30)31-22-24-43-25-28(31)2/h3-26H,1-2H3. The number of aromatic nitrogens is 2. The third-order valence-corrected chi connectivity index (χ3v) is 8.96. The first-order valence-electron chi connectivity index (χ1n) is 15.1. The number of benzene rings is 6. The highest BCUT2D eigenvalue weighted by Crippen LogP contribution is 2.46. The molecule has 0 atom stereocenters. The van der Waals surface area contributed by atoms with Crippen LogP contribution in [0.15, 0.2) is 146 Å². The average molecular weight is 563 g/mol. The molecular formula is C42H30N2. The quantitative estimate of drug-likeness (QED) is 0.199. The number of hydrogen-bond donors (Lipinski definition) is 0. The highest BCUT2D eigenvalue weighted by Gasteiger charge is 2.19. The van der Waals surface area contributed by atoms with Crippen molar-refractivity contribution in [2.24, 2.45) is 0 Å². The average Bonchev–Trinajstić information content (AvgIpc) is 3.08. The molecule has 0 aliphatic rings. The first-order valence-corrected chi connectivity index (χ1v) is 15.1. The molecule has 208 valence electrons. The SMILES string of the molecule is Cc1cnccc1-c1ccc(-c2c3ccccc3c(-c3ccc(-c4cnccc4C)c4ccccc34)c3ccccc23)cc1. The largest absolute Gasteiger partial charge is 0.264 e. The molecule has 2 heteroatoms. The van der Waals surface area contributed by atoms with Crippen molar-refractivity contribution in [3.05, 3.63) is 157 Å². The van der Waals surface area contributed by atoms with Gasteiger partial charge in [0.25, 0.3) is 0 Å². The van der Waals surface area contributed by atoms with Crippen LogP contribution >= 0.6 is 0 Å². The van der Waals surface area contributed by atoms with E-state index in [-0.39, 0.29) is 0 Å². The lowest BCUT2D eigenvalue weighted by Crippen LogP contribution is -1.93. The van der Waals surface area contributed by atoms with E-state index in [0.717, 1.165) is 0 Å². The number of nitrogens with zero attached hydrogens (tertiary/aromatic N) is 2. The smallest absolute Gasteiger partial charge is 0.0349 e. The van der Waals surface area contributed by atoms with Crippen molar-refractivity contribution >= 4 is 32.3 Å². The van der Waals surface area contributed by atoms with Crippen molar-refractivity contribution in [3.8, 4) is 44.5 Å². The van der Waals surface area contributed by atoms with E-state index in [1.807, 2.05) is 24.8 Å². The van der Waals surface area contributed by atoms with Gasteiger partial charge in [0.05, 0.1) is 0 Å². The van der Waals surface area contributed by atoms with Gasteiger partial charge in [0.2, 0.25) is 0 Å². The van der Waals surface area contributed by atoms with Gasteiger partial charge in [-0.3, -0.25) is 9.97 Å². The van der Waals surface area contributed by atoms with Crippen LogP contribution < -0.4 is 0 Å². The summed E-state index contributed by atoms with van der Waals surface area (Å²) in [6.07, 6.45) is 7.64. The molecule has 2 heterocycles. The summed E-state index contributed by atoms with van der Waals surface area (Å²) in [5.41, 5.74) is 12.2. The van der Waals surface area contributed by atoms with E-state index in [1.165, 1.54) is 88.0 Å². The zero-order chi connectivity index (χ0) is 29.6. The zero-order valence-corrected chi connectivity index (χ0v) is 24.8. The van der Waals surface area contributed by atoms with Gasteiger partial charge in [-0.1, -0.05) is 109 Å². The van der Waals surface area contributed by atoms with Gasteiger partial charge in [-0.05, 0) is 108 Å². The molecule has 0 amide bonds. The second-order valence-electron chi connectivity index (χ2n) is 11.5. The Hall–Kier alpha value is -5.60. The highest BCUT2D eigenvalue weighted by atomic mass is 14.6. The molecule has 0 unspecified atom stereocenters. The Morgan fingerprint density at radius 3 is 1.45 bits per heavy atom. The number of fused-ring (bicyclic) bond motifs is 3. The van der Waals surface area contributed by atoms with E-state index >= 15 is 0 Å². The molecule has 2 aromatic heterocycles. The maximum atomic E-state index is 4.45. The van der Waals surface area contributed by atoms with Gasteiger partial charge >= 0.3 is 0 Å². The van der Waals surface area contributed by atoms with Crippen molar-refractivity contribution in [1.29, 1.82) is 0 Å². The molecule has 0 spiro atoms. The van der Waals surface area contributed by atoms with Crippen LogP contribution in [-0.2, 0) is 0 Å². The van der Waals surface area contributed by atoms with Gasteiger partial charge in [-0.15, -0.1) is 0 Å². The summed E-state index contributed by atoms with van der Waals surface area (Å²) in [7, 11) is 0. The Kier molecular flexibility index (Phi) is 6.27. The molecule has 0 radical (unpaired) electrons. The summed E-state index contributed by atoms with van der Waals surface area (Å²) < 4.78 is 0. The first kappa shape index (κ1) is 26.1. The third-order valence-electron chi connectivity index (χ3n) is 8.96. The Morgan fingerprint density at radius 2 is 0.841 bits per heavy atom. The Labute approximate surface area is 257 Å². The number of aryl methyl sites for hydroxylation is 2. The van der Waals surface area contributed by atoms with Crippen molar-refractivity contribution in [2.75, 3.05) is 0 Å². The Balaban J connectivity index is 1.40. The minimum absolute atomic E-state index is 1.17. The molecule has 6 aromatic carbocycles. The fourth-order valence-electron chi connectivity index (χ4n) is 6.84. The monoisotopic (exact) mass is 562 g/mol. The molecule has 0 aliphatic heterocycles. The molecule has 0 saturated heterocycles. The summed E-state index contributed by atoms with van der Waals surface area (Å²) in [5, 5.41) is 7.50. The van der Waals surface area contributed by atoms with E-state index in [4.69, 9.17) is 0 Å². The molecule has 0 bridgehead atoms. The fourth-order valence-corrected chi connectivity index (χ4v) is 6.84. The van der Waals surface area contributed by atoms with E-state index in [0.29, 0.717) is 0 Å². The normalized spacial score (nSPS) is 11.4. The summed E-state index contributed by atoms with van der Waals surface area (Å²) >= 11 is 0. The number of hydrogen-bond acceptors (Lipinski definition) is 2. The van der Waals surface area contributed by atoms with Gasteiger partial charge in [-0.2, -0.15) is 0 Å². The summed E-state index contributed by atoms with van der Waals surface area (Å²) in [4.78, 5) is 8.73. The fraction of sp³-hybridized carbons (Fsp3) is 0.0476. The van der Waals surface area contributed by atoms with Crippen LogP contribution in [0.25, 0.3) is 76.8 Å². The molecule has 0 N–H and O–H groups in total. The number of rotatable bonds is 4. The van der Waals surface area contributed by atoms with Crippen LogP contribution in [0.5, 0.6) is 0 Å². The Bertz CT molecular complexity index is 2290. The predicted molar refractivity (Wildman–Crippen MR) is 186 cm³/mol. The summed E-state index contributed by atoms with van der Waals surface area (Å²) in [6.45, 7) is 4.27. The lowest BCUT2D eigenvalue weighted by Gasteiger charge is -2.20. The molecule has 0 saturated carbocycles. The maximum absolute atomic E-state index is 4.45. The molecular weight excluding hydrogens is 532 g/mol. The van der Waals surface area contributed by atoms with E-state index in [1.54, 1.807) is 0 Å². The van der Waals surface area contributed by atoms with Crippen LogP contribution in [-0.4, -0.2) is 9.97 Å². The van der Waals surface area contributed by atoms with Gasteiger partial charge in [0.15, 0.2) is 0 Å². The van der Waals surface area contributed by atoms with Gasteiger partial charge < -0.3 is 0 Å². The van der Waals surface area contributed by atoms with Crippen molar-refractivity contribution < 1.29 is 0 Å². The first-order chi connectivity index (χ1) is 21.7. The van der Waals surface area contributed by atoms with Crippen LogP contribution in [0.2, 0.25) is 0 Å². The lowest BCUT2D eigenvalue weighted by atomic mass is 9.83. The third kappa shape index (κ3) is 4.19. The molecule has 2 nitrogen and oxygen atoms in total.